The lowest BCUT2D eigenvalue weighted by molar-refractivity contribution is 0.0829. The molecule has 0 saturated carbocycles. The first-order chi connectivity index (χ1) is 7.68. The fourth-order valence-electron chi connectivity index (χ4n) is 1.99. The van der Waals surface area contributed by atoms with Crippen LogP contribution in [0.3, 0.4) is 0 Å². The normalized spacial score (nSPS) is 22.6. The maximum absolute atomic E-state index is 5.63. The second-order valence-electron chi connectivity index (χ2n) is 4.44. The lowest BCUT2D eigenvalue weighted by Crippen LogP contribution is -2.37. The molecular formula is C11H20N4O. The molecule has 1 saturated heterocycles. The topological polar surface area (TPSA) is 52.0 Å². The summed E-state index contributed by atoms with van der Waals surface area (Å²) in [6.45, 7) is 5.78. The van der Waals surface area contributed by atoms with Crippen LogP contribution in [0.2, 0.25) is 0 Å². The van der Waals surface area contributed by atoms with E-state index in [1.54, 1.807) is 0 Å². The first-order valence-corrected chi connectivity index (χ1v) is 5.88. The van der Waals surface area contributed by atoms with Gasteiger partial charge in [0.05, 0.1) is 12.6 Å². The fraction of sp³-hybridized carbons (Fsp3) is 0.818. The minimum atomic E-state index is 0.356. The number of hydrogen-bond acceptors (Lipinski definition) is 4. The molecule has 1 aromatic rings. The Balaban J connectivity index is 1.84. The molecule has 2 heterocycles. The van der Waals surface area contributed by atoms with Crippen LogP contribution in [0.25, 0.3) is 0 Å². The van der Waals surface area contributed by atoms with Crippen molar-refractivity contribution < 1.29 is 4.74 Å². The van der Waals surface area contributed by atoms with Gasteiger partial charge in [0.1, 0.15) is 11.6 Å². The van der Waals surface area contributed by atoms with Crippen LogP contribution in [-0.4, -0.2) is 33.5 Å². The first-order valence-electron chi connectivity index (χ1n) is 5.88. The van der Waals surface area contributed by atoms with Crippen molar-refractivity contribution in [3.05, 3.63) is 11.6 Å². The Morgan fingerprint density at radius 2 is 2.38 bits per heavy atom. The molecule has 5 nitrogen and oxygen atoms in total. The summed E-state index contributed by atoms with van der Waals surface area (Å²) >= 11 is 0. The molecule has 0 radical (unpaired) electrons. The van der Waals surface area contributed by atoms with Gasteiger partial charge in [-0.15, -0.1) is 10.2 Å². The van der Waals surface area contributed by atoms with Gasteiger partial charge in [-0.05, 0) is 26.7 Å². The molecule has 2 rings (SSSR count). The molecule has 0 spiro atoms. The molecule has 0 bridgehead atoms. The number of nitrogens with one attached hydrogen (secondary N) is 1. The van der Waals surface area contributed by atoms with E-state index >= 15 is 0 Å². The van der Waals surface area contributed by atoms with Crippen molar-refractivity contribution in [2.45, 2.75) is 45.4 Å². The summed E-state index contributed by atoms with van der Waals surface area (Å²) in [5.74, 6) is 1.92. The first kappa shape index (κ1) is 11.5. The zero-order valence-corrected chi connectivity index (χ0v) is 10.2. The average Bonchev–Trinajstić information content (AvgIpc) is 2.89. The monoisotopic (exact) mass is 224 g/mol. The second kappa shape index (κ2) is 4.93. The maximum atomic E-state index is 5.63. The minimum Gasteiger partial charge on any atom is -0.377 e. The lowest BCUT2D eigenvalue weighted by atomic mass is 10.1. The van der Waals surface area contributed by atoms with Crippen molar-refractivity contribution in [3.8, 4) is 0 Å². The van der Waals surface area contributed by atoms with Crippen LogP contribution in [-0.2, 0) is 18.3 Å². The quantitative estimate of drug-likeness (QED) is 0.821. The van der Waals surface area contributed by atoms with Gasteiger partial charge in [0.25, 0.3) is 0 Å². The fourth-order valence-corrected chi connectivity index (χ4v) is 1.99. The predicted molar refractivity (Wildman–Crippen MR) is 61.0 cm³/mol. The van der Waals surface area contributed by atoms with Crippen molar-refractivity contribution in [2.75, 3.05) is 6.61 Å². The van der Waals surface area contributed by atoms with Gasteiger partial charge in [0.15, 0.2) is 0 Å². The summed E-state index contributed by atoms with van der Waals surface area (Å²) in [5, 5.41) is 11.6. The molecule has 1 aliphatic heterocycles. The summed E-state index contributed by atoms with van der Waals surface area (Å²) in [4.78, 5) is 0. The van der Waals surface area contributed by atoms with E-state index in [0.717, 1.165) is 31.2 Å². The third-order valence-corrected chi connectivity index (χ3v) is 3.29. The highest BCUT2D eigenvalue weighted by Gasteiger charge is 2.22. The molecule has 1 N–H and O–H groups in total. The van der Waals surface area contributed by atoms with Gasteiger partial charge in [-0.25, -0.2) is 0 Å². The molecule has 1 fully saturated rings. The molecule has 0 aromatic carbocycles. The van der Waals surface area contributed by atoms with Crippen molar-refractivity contribution in [3.63, 3.8) is 0 Å². The number of aryl methyl sites for hydroxylation is 1. The van der Waals surface area contributed by atoms with Gasteiger partial charge in [0, 0.05) is 19.7 Å². The molecule has 2 atom stereocenters. The molecule has 0 amide bonds. The lowest BCUT2D eigenvalue weighted by Gasteiger charge is -2.19. The van der Waals surface area contributed by atoms with E-state index in [-0.39, 0.29) is 0 Å². The van der Waals surface area contributed by atoms with Crippen LogP contribution in [0, 0.1) is 6.92 Å². The van der Waals surface area contributed by atoms with Crippen LogP contribution in [0.4, 0.5) is 0 Å². The standard InChI is InChI=1S/C11H20N4O/c1-8(10-5-4-6-16-10)12-7-11-14-13-9(2)15(11)3/h8,10,12H,4-7H2,1-3H3. The van der Waals surface area contributed by atoms with Gasteiger partial charge in [-0.3, -0.25) is 0 Å². The van der Waals surface area contributed by atoms with Gasteiger partial charge < -0.3 is 14.6 Å². The average molecular weight is 224 g/mol. The Hall–Kier alpha value is -0.940. The van der Waals surface area contributed by atoms with Gasteiger partial charge >= 0.3 is 0 Å². The summed E-state index contributed by atoms with van der Waals surface area (Å²) < 4.78 is 7.64. The molecule has 5 heteroatoms. The van der Waals surface area contributed by atoms with E-state index < -0.39 is 0 Å². The summed E-state index contributed by atoms with van der Waals surface area (Å²) in [5.41, 5.74) is 0. The third kappa shape index (κ3) is 2.41. The van der Waals surface area contributed by atoms with E-state index in [2.05, 4.69) is 22.4 Å². The Kier molecular flexibility index (Phi) is 3.56. The predicted octanol–water partition coefficient (Wildman–Crippen LogP) is 0.781. The third-order valence-electron chi connectivity index (χ3n) is 3.29. The van der Waals surface area contributed by atoms with Gasteiger partial charge in [-0.1, -0.05) is 0 Å². The highest BCUT2D eigenvalue weighted by molar-refractivity contribution is 4.92. The van der Waals surface area contributed by atoms with Crippen LogP contribution in [0.5, 0.6) is 0 Å². The molecular weight excluding hydrogens is 204 g/mol. The largest absolute Gasteiger partial charge is 0.377 e. The number of ether oxygens (including phenoxy) is 1. The Bertz CT molecular complexity index is 344. The van der Waals surface area contributed by atoms with Crippen LogP contribution in [0.15, 0.2) is 0 Å². The summed E-state index contributed by atoms with van der Waals surface area (Å²) in [6, 6.07) is 0.375. The Labute approximate surface area is 96.2 Å². The van der Waals surface area contributed by atoms with E-state index in [9.17, 15) is 0 Å². The van der Waals surface area contributed by atoms with E-state index in [0.29, 0.717) is 12.1 Å². The Morgan fingerprint density at radius 1 is 1.56 bits per heavy atom. The zero-order valence-electron chi connectivity index (χ0n) is 10.2. The van der Waals surface area contributed by atoms with Crippen LogP contribution >= 0.6 is 0 Å². The van der Waals surface area contributed by atoms with E-state index in [4.69, 9.17) is 4.74 Å². The highest BCUT2D eigenvalue weighted by atomic mass is 16.5. The van der Waals surface area contributed by atoms with Crippen molar-refractivity contribution >= 4 is 0 Å². The van der Waals surface area contributed by atoms with Gasteiger partial charge in [0.2, 0.25) is 0 Å². The zero-order chi connectivity index (χ0) is 11.5. The molecule has 1 aromatic heterocycles. The SMILES string of the molecule is Cc1nnc(CNC(C)C2CCCO2)n1C. The molecule has 0 aliphatic carbocycles. The number of hydrogen-bond donors (Lipinski definition) is 1. The van der Waals surface area contributed by atoms with E-state index in [1.165, 1.54) is 6.42 Å². The summed E-state index contributed by atoms with van der Waals surface area (Å²) in [7, 11) is 1.99. The molecule has 2 unspecified atom stereocenters. The van der Waals surface area contributed by atoms with Crippen LogP contribution in [0.1, 0.15) is 31.4 Å². The van der Waals surface area contributed by atoms with Crippen LogP contribution < -0.4 is 5.32 Å². The molecule has 16 heavy (non-hydrogen) atoms. The molecule has 90 valence electrons. The minimum absolute atomic E-state index is 0.356. The Morgan fingerprint density at radius 3 is 2.94 bits per heavy atom. The molecule has 1 aliphatic rings. The van der Waals surface area contributed by atoms with Crippen molar-refractivity contribution in [1.82, 2.24) is 20.1 Å². The highest BCUT2D eigenvalue weighted by Crippen LogP contribution is 2.15. The summed E-state index contributed by atoms with van der Waals surface area (Å²) in [6.07, 6.45) is 2.69. The maximum Gasteiger partial charge on any atom is 0.146 e. The number of aromatic nitrogens is 3. The van der Waals surface area contributed by atoms with Crippen molar-refractivity contribution in [2.24, 2.45) is 7.05 Å². The van der Waals surface area contributed by atoms with Crippen molar-refractivity contribution in [1.29, 1.82) is 0 Å². The van der Waals surface area contributed by atoms with Gasteiger partial charge in [-0.2, -0.15) is 0 Å². The van der Waals surface area contributed by atoms with E-state index in [1.807, 2.05) is 18.5 Å². The smallest absolute Gasteiger partial charge is 0.146 e. The number of nitrogens with zero attached hydrogens (tertiary/aromatic N) is 3. The second-order valence-corrected chi connectivity index (χ2v) is 4.44. The number of rotatable bonds is 4.